The summed E-state index contributed by atoms with van der Waals surface area (Å²) in [4.78, 5) is 25.5. The quantitative estimate of drug-likeness (QED) is 0.820. The number of nitrogens with one attached hydrogen (secondary N) is 1. The predicted octanol–water partition coefficient (Wildman–Crippen LogP) is 3.46. The molecular formula is C13H11BrCl2N2O2. The molecule has 1 heterocycles. The average molecular weight is 378 g/mol. The third-order valence-electron chi connectivity index (χ3n) is 3.42. The molecule has 2 aliphatic rings. The van der Waals surface area contributed by atoms with E-state index in [0.717, 1.165) is 17.3 Å². The van der Waals surface area contributed by atoms with Gasteiger partial charge in [0.15, 0.2) is 0 Å². The topological polar surface area (TPSA) is 49.4 Å². The summed E-state index contributed by atoms with van der Waals surface area (Å²) >= 11 is 15.5. The van der Waals surface area contributed by atoms with Crippen molar-refractivity contribution in [2.45, 2.75) is 31.3 Å². The van der Waals surface area contributed by atoms with Crippen LogP contribution in [0.2, 0.25) is 10.0 Å². The lowest BCUT2D eigenvalue weighted by Crippen LogP contribution is -2.36. The zero-order valence-electron chi connectivity index (χ0n) is 10.3. The molecule has 1 N–H and O–H groups in total. The maximum absolute atomic E-state index is 12.2. The van der Waals surface area contributed by atoms with Crippen molar-refractivity contribution in [3.63, 3.8) is 0 Å². The monoisotopic (exact) mass is 376 g/mol. The maximum Gasteiger partial charge on any atom is 0.252 e. The number of anilines is 1. The number of hydrogen-bond donors (Lipinski definition) is 1. The Labute approximate surface area is 134 Å². The standard InChI is InChI=1S/C13H11BrCl2N2O2/c14-6-3-8(15)12(9(16)4-6)17-10-5-11(19)18(13(10)20)7-1-2-7/h3-4,7,10,17H,1-2,5H2. The molecule has 20 heavy (non-hydrogen) atoms. The Morgan fingerprint density at radius 3 is 2.35 bits per heavy atom. The van der Waals surface area contributed by atoms with Gasteiger partial charge in [0.1, 0.15) is 6.04 Å². The fourth-order valence-corrected chi connectivity index (χ4v) is 3.65. The zero-order chi connectivity index (χ0) is 14.4. The van der Waals surface area contributed by atoms with E-state index in [4.69, 9.17) is 23.2 Å². The van der Waals surface area contributed by atoms with E-state index in [1.165, 1.54) is 4.90 Å². The van der Waals surface area contributed by atoms with E-state index in [2.05, 4.69) is 21.2 Å². The SMILES string of the molecule is O=C1CC(Nc2c(Cl)cc(Br)cc2Cl)C(=O)N1C1CC1. The fourth-order valence-electron chi connectivity index (χ4n) is 2.33. The van der Waals surface area contributed by atoms with Crippen LogP contribution in [0.4, 0.5) is 5.69 Å². The van der Waals surface area contributed by atoms with Gasteiger partial charge in [-0.05, 0) is 25.0 Å². The first-order valence-corrected chi connectivity index (χ1v) is 7.79. The van der Waals surface area contributed by atoms with Crippen molar-refractivity contribution < 1.29 is 9.59 Å². The normalized spacial score (nSPS) is 22.6. The Kier molecular flexibility index (Phi) is 3.69. The molecule has 106 valence electrons. The lowest BCUT2D eigenvalue weighted by molar-refractivity contribution is -0.139. The Balaban J connectivity index is 1.82. The van der Waals surface area contributed by atoms with E-state index >= 15 is 0 Å². The molecule has 0 bridgehead atoms. The summed E-state index contributed by atoms with van der Waals surface area (Å²) in [5.74, 6) is -0.313. The van der Waals surface area contributed by atoms with Crippen molar-refractivity contribution >= 4 is 56.6 Å². The summed E-state index contributed by atoms with van der Waals surface area (Å²) in [6, 6.07) is 2.89. The van der Waals surface area contributed by atoms with Gasteiger partial charge in [-0.1, -0.05) is 39.1 Å². The minimum absolute atomic E-state index is 0.0951. The van der Waals surface area contributed by atoms with Crippen molar-refractivity contribution in [1.29, 1.82) is 0 Å². The minimum Gasteiger partial charge on any atom is -0.371 e. The van der Waals surface area contributed by atoms with Crippen molar-refractivity contribution in [2.75, 3.05) is 5.32 Å². The van der Waals surface area contributed by atoms with Crippen LogP contribution in [0, 0.1) is 0 Å². The molecule has 1 saturated heterocycles. The van der Waals surface area contributed by atoms with Gasteiger partial charge in [0, 0.05) is 10.5 Å². The second-order valence-corrected chi connectivity index (χ2v) is 6.71. The molecule has 2 fully saturated rings. The molecule has 0 aromatic heterocycles. The van der Waals surface area contributed by atoms with Crippen LogP contribution in [0.25, 0.3) is 0 Å². The predicted molar refractivity (Wildman–Crippen MR) is 81.1 cm³/mol. The van der Waals surface area contributed by atoms with Gasteiger partial charge >= 0.3 is 0 Å². The molecule has 4 nitrogen and oxygen atoms in total. The minimum atomic E-state index is -0.584. The Morgan fingerprint density at radius 2 is 1.80 bits per heavy atom. The van der Waals surface area contributed by atoms with Gasteiger partial charge in [0.05, 0.1) is 22.2 Å². The van der Waals surface area contributed by atoms with Gasteiger partial charge in [-0.3, -0.25) is 14.5 Å². The molecule has 1 aliphatic heterocycles. The number of nitrogens with zero attached hydrogens (tertiary/aromatic N) is 1. The van der Waals surface area contributed by atoms with Crippen LogP contribution < -0.4 is 5.32 Å². The molecule has 3 rings (SSSR count). The molecule has 0 spiro atoms. The smallest absolute Gasteiger partial charge is 0.252 e. The number of halogens is 3. The number of carbonyl (C=O) groups excluding carboxylic acids is 2. The zero-order valence-corrected chi connectivity index (χ0v) is 13.4. The first-order valence-electron chi connectivity index (χ1n) is 6.24. The van der Waals surface area contributed by atoms with Crippen molar-refractivity contribution in [1.82, 2.24) is 4.90 Å². The number of amides is 2. The van der Waals surface area contributed by atoms with Gasteiger partial charge in [0.25, 0.3) is 5.91 Å². The van der Waals surface area contributed by atoms with Crippen LogP contribution in [0.15, 0.2) is 16.6 Å². The Hall–Kier alpha value is -0.780. The number of likely N-dealkylation sites (tertiary alicyclic amines) is 1. The molecule has 1 aromatic carbocycles. The first kappa shape index (κ1) is 14.2. The molecule has 1 saturated carbocycles. The largest absolute Gasteiger partial charge is 0.371 e. The molecule has 0 radical (unpaired) electrons. The molecule has 2 amide bonds. The summed E-state index contributed by atoms with van der Waals surface area (Å²) in [7, 11) is 0. The van der Waals surface area contributed by atoms with E-state index in [-0.39, 0.29) is 24.3 Å². The highest BCUT2D eigenvalue weighted by atomic mass is 79.9. The molecule has 1 aliphatic carbocycles. The average Bonchev–Trinajstić information content (AvgIpc) is 3.12. The lowest BCUT2D eigenvalue weighted by atomic mass is 10.2. The lowest BCUT2D eigenvalue weighted by Gasteiger charge is -2.17. The number of carbonyl (C=O) groups is 2. The number of rotatable bonds is 3. The van der Waals surface area contributed by atoms with Crippen LogP contribution in [-0.4, -0.2) is 28.8 Å². The van der Waals surface area contributed by atoms with E-state index in [1.54, 1.807) is 12.1 Å². The highest BCUT2D eigenvalue weighted by molar-refractivity contribution is 9.10. The van der Waals surface area contributed by atoms with Gasteiger partial charge in [-0.2, -0.15) is 0 Å². The van der Waals surface area contributed by atoms with E-state index in [0.29, 0.717) is 15.7 Å². The second kappa shape index (κ2) is 5.20. The maximum atomic E-state index is 12.2. The van der Waals surface area contributed by atoms with Crippen LogP contribution in [-0.2, 0) is 9.59 Å². The fraction of sp³-hybridized carbons (Fsp3) is 0.385. The summed E-state index contributed by atoms with van der Waals surface area (Å²) in [6.07, 6.45) is 1.96. The number of hydrogen-bond acceptors (Lipinski definition) is 3. The van der Waals surface area contributed by atoms with Gasteiger partial charge in [-0.15, -0.1) is 0 Å². The Morgan fingerprint density at radius 1 is 1.20 bits per heavy atom. The van der Waals surface area contributed by atoms with Crippen molar-refractivity contribution in [2.24, 2.45) is 0 Å². The molecule has 1 atom stereocenters. The summed E-state index contributed by atoms with van der Waals surface area (Å²) in [5.41, 5.74) is 0.486. The molecule has 1 aromatic rings. The van der Waals surface area contributed by atoms with Crippen LogP contribution in [0.3, 0.4) is 0 Å². The van der Waals surface area contributed by atoms with Crippen molar-refractivity contribution in [3.05, 3.63) is 26.7 Å². The van der Waals surface area contributed by atoms with Crippen LogP contribution >= 0.6 is 39.1 Å². The van der Waals surface area contributed by atoms with E-state index < -0.39 is 6.04 Å². The van der Waals surface area contributed by atoms with E-state index in [1.807, 2.05) is 0 Å². The third-order valence-corrected chi connectivity index (χ3v) is 4.47. The third kappa shape index (κ3) is 2.54. The molecular weight excluding hydrogens is 367 g/mol. The second-order valence-electron chi connectivity index (χ2n) is 4.98. The Bertz CT molecular complexity index is 581. The molecule has 7 heteroatoms. The molecule has 1 unspecified atom stereocenters. The highest BCUT2D eigenvalue weighted by Crippen LogP contribution is 2.37. The first-order chi connectivity index (χ1) is 9.47. The van der Waals surface area contributed by atoms with Crippen molar-refractivity contribution in [3.8, 4) is 0 Å². The van der Waals surface area contributed by atoms with Crippen LogP contribution in [0.1, 0.15) is 19.3 Å². The number of benzene rings is 1. The van der Waals surface area contributed by atoms with E-state index in [9.17, 15) is 9.59 Å². The van der Waals surface area contributed by atoms with Gasteiger partial charge < -0.3 is 5.32 Å². The summed E-state index contributed by atoms with van der Waals surface area (Å²) < 4.78 is 0.756. The summed E-state index contributed by atoms with van der Waals surface area (Å²) in [5, 5.41) is 3.82. The number of imide groups is 1. The highest BCUT2D eigenvalue weighted by Gasteiger charge is 2.46. The van der Waals surface area contributed by atoms with Crippen LogP contribution in [0.5, 0.6) is 0 Å². The van der Waals surface area contributed by atoms with Gasteiger partial charge in [-0.25, -0.2) is 0 Å². The summed E-state index contributed by atoms with van der Waals surface area (Å²) in [6.45, 7) is 0. The van der Waals surface area contributed by atoms with Gasteiger partial charge in [0.2, 0.25) is 5.91 Å².